The topological polar surface area (TPSA) is 58.6 Å². The van der Waals surface area contributed by atoms with Crippen LogP contribution in [-0.4, -0.2) is 30.3 Å². The van der Waals surface area contributed by atoms with E-state index in [2.05, 4.69) is 29.6 Å². The van der Waals surface area contributed by atoms with Gasteiger partial charge in [-0.25, -0.2) is 4.79 Å². The smallest absolute Gasteiger partial charge is 0.475 e. The molecule has 0 spiro atoms. The van der Waals surface area contributed by atoms with Gasteiger partial charge in [0.1, 0.15) is 11.5 Å². The fourth-order valence-corrected chi connectivity index (χ4v) is 2.59. The quantitative estimate of drug-likeness (QED) is 0.834. The van der Waals surface area contributed by atoms with E-state index in [4.69, 9.17) is 14.6 Å². The summed E-state index contributed by atoms with van der Waals surface area (Å²) < 4.78 is 37.5. The second-order valence-electron chi connectivity index (χ2n) is 5.81. The second kappa shape index (κ2) is 9.24. The number of alkyl halides is 3. The summed E-state index contributed by atoms with van der Waals surface area (Å²) in [7, 11) is 0. The number of hydrogen-bond acceptors (Lipinski definition) is 3. The molecular formula is C19H20F3NO3. The number of para-hydroxylation sites is 1. The zero-order valence-corrected chi connectivity index (χ0v) is 14.0. The van der Waals surface area contributed by atoms with Crippen LogP contribution < -0.4 is 10.1 Å². The molecule has 0 atom stereocenters. The molecular weight excluding hydrogens is 347 g/mol. The fourth-order valence-electron chi connectivity index (χ4n) is 2.59. The average molecular weight is 367 g/mol. The van der Waals surface area contributed by atoms with Gasteiger partial charge in [-0.3, -0.25) is 0 Å². The Hall–Kier alpha value is -2.54. The van der Waals surface area contributed by atoms with Crippen molar-refractivity contribution in [2.75, 3.05) is 13.1 Å². The van der Waals surface area contributed by atoms with Crippen LogP contribution in [0.4, 0.5) is 13.2 Å². The Labute approximate surface area is 149 Å². The summed E-state index contributed by atoms with van der Waals surface area (Å²) in [6, 6.07) is 18.5. The molecule has 3 rings (SSSR count). The molecule has 0 aliphatic carbocycles. The number of carboxylic acids is 1. The van der Waals surface area contributed by atoms with Gasteiger partial charge in [-0.05, 0) is 61.7 Å². The van der Waals surface area contributed by atoms with Crippen LogP contribution in [0.15, 0.2) is 54.6 Å². The molecule has 0 amide bonds. The summed E-state index contributed by atoms with van der Waals surface area (Å²) in [6.45, 7) is 2.26. The summed E-state index contributed by atoms with van der Waals surface area (Å²) in [5.41, 5.74) is 1.43. The number of piperidine rings is 1. The molecule has 7 heteroatoms. The van der Waals surface area contributed by atoms with E-state index >= 15 is 0 Å². The first-order chi connectivity index (χ1) is 12.4. The van der Waals surface area contributed by atoms with Crippen LogP contribution in [0.25, 0.3) is 0 Å². The number of carbonyl (C=O) groups is 1. The van der Waals surface area contributed by atoms with Crippen molar-refractivity contribution in [1.29, 1.82) is 0 Å². The van der Waals surface area contributed by atoms with Gasteiger partial charge in [-0.2, -0.15) is 13.2 Å². The number of benzene rings is 2. The lowest BCUT2D eigenvalue weighted by Crippen LogP contribution is -2.26. The molecule has 1 heterocycles. The van der Waals surface area contributed by atoms with Crippen molar-refractivity contribution in [2.24, 2.45) is 0 Å². The Bertz CT molecular complexity index is 681. The predicted molar refractivity (Wildman–Crippen MR) is 91.5 cm³/mol. The molecule has 2 aromatic rings. The van der Waals surface area contributed by atoms with Crippen molar-refractivity contribution < 1.29 is 27.8 Å². The molecule has 0 saturated carbocycles. The molecule has 2 aromatic carbocycles. The van der Waals surface area contributed by atoms with Gasteiger partial charge in [0.15, 0.2) is 0 Å². The highest BCUT2D eigenvalue weighted by Gasteiger charge is 2.38. The molecule has 0 radical (unpaired) electrons. The minimum absolute atomic E-state index is 0.701. The minimum Gasteiger partial charge on any atom is -0.475 e. The Balaban J connectivity index is 0.000000298. The van der Waals surface area contributed by atoms with Gasteiger partial charge in [-0.15, -0.1) is 0 Å². The van der Waals surface area contributed by atoms with Crippen molar-refractivity contribution in [3.05, 3.63) is 60.2 Å². The highest BCUT2D eigenvalue weighted by molar-refractivity contribution is 5.73. The highest BCUT2D eigenvalue weighted by Crippen LogP contribution is 2.28. The molecule has 1 saturated heterocycles. The maximum atomic E-state index is 10.6. The Kier molecular flexibility index (Phi) is 7.03. The van der Waals surface area contributed by atoms with E-state index in [1.54, 1.807) is 0 Å². The van der Waals surface area contributed by atoms with Crippen LogP contribution in [0, 0.1) is 0 Å². The van der Waals surface area contributed by atoms with Crippen LogP contribution in [0.1, 0.15) is 24.3 Å². The van der Waals surface area contributed by atoms with Gasteiger partial charge in [0.25, 0.3) is 0 Å². The van der Waals surface area contributed by atoms with Gasteiger partial charge in [0.2, 0.25) is 0 Å². The molecule has 0 bridgehead atoms. The van der Waals surface area contributed by atoms with Crippen molar-refractivity contribution in [2.45, 2.75) is 24.9 Å². The zero-order valence-electron chi connectivity index (χ0n) is 14.0. The van der Waals surface area contributed by atoms with Gasteiger partial charge < -0.3 is 15.2 Å². The average Bonchev–Trinajstić information content (AvgIpc) is 2.64. The zero-order chi connectivity index (χ0) is 19.0. The first-order valence-corrected chi connectivity index (χ1v) is 8.20. The van der Waals surface area contributed by atoms with E-state index in [1.165, 1.54) is 18.4 Å². The maximum absolute atomic E-state index is 10.6. The lowest BCUT2D eigenvalue weighted by atomic mass is 9.90. The summed E-state index contributed by atoms with van der Waals surface area (Å²) >= 11 is 0. The van der Waals surface area contributed by atoms with E-state index in [-0.39, 0.29) is 0 Å². The molecule has 2 N–H and O–H groups in total. The maximum Gasteiger partial charge on any atom is 0.490 e. The first kappa shape index (κ1) is 19.8. The van der Waals surface area contributed by atoms with Crippen LogP contribution in [-0.2, 0) is 4.79 Å². The molecule has 0 unspecified atom stereocenters. The third kappa shape index (κ3) is 6.40. The van der Waals surface area contributed by atoms with Crippen molar-refractivity contribution >= 4 is 5.97 Å². The fraction of sp³-hybridized carbons (Fsp3) is 0.316. The van der Waals surface area contributed by atoms with Crippen LogP contribution in [0.3, 0.4) is 0 Å². The van der Waals surface area contributed by atoms with Crippen molar-refractivity contribution in [3.8, 4) is 11.5 Å². The van der Waals surface area contributed by atoms with E-state index < -0.39 is 12.1 Å². The number of hydrogen-bond donors (Lipinski definition) is 2. The standard InChI is InChI=1S/C17H19NO.C2HF3O2/c1-2-4-16(5-3-1)19-17-8-6-14(7-9-17)15-10-12-18-13-11-15;3-2(4,5)1(6)7/h1-9,15,18H,10-13H2;(H,6,7). The molecule has 1 aliphatic rings. The monoisotopic (exact) mass is 367 g/mol. The van der Waals surface area contributed by atoms with Gasteiger partial charge in [0, 0.05) is 0 Å². The molecule has 26 heavy (non-hydrogen) atoms. The molecule has 1 aliphatic heterocycles. The van der Waals surface area contributed by atoms with Crippen LogP contribution in [0.2, 0.25) is 0 Å². The second-order valence-corrected chi connectivity index (χ2v) is 5.81. The SMILES string of the molecule is O=C(O)C(F)(F)F.c1ccc(Oc2ccc(C3CCNCC3)cc2)cc1. The first-order valence-electron chi connectivity index (χ1n) is 8.20. The molecule has 4 nitrogen and oxygen atoms in total. The number of halogens is 3. The normalized spacial score (nSPS) is 14.9. The van der Waals surface area contributed by atoms with E-state index in [9.17, 15) is 13.2 Å². The number of nitrogens with one attached hydrogen (secondary N) is 1. The van der Waals surface area contributed by atoms with Crippen LogP contribution >= 0.6 is 0 Å². The summed E-state index contributed by atoms with van der Waals surface area (Å²) in [4.78, 5) is 8.90. The van der Waals surface area contributed by atoms with E-state index in [1.807, 2.05) is 30.3 Å². The third-order valence-corrected chi connectivity index (χ3v) is 3.91. The number of rotatable bonds is 3. The van der Waals surface area contributed by atoms with Crippen molar-refractivity contribution in [1.82, 2.24) is 5.32 Å². The predicted octanol–water partition coefficient (Wildman–Crippen LogP) is 4.58. The van der Waals surface area contributed by atoms with Gasteiger partial charge in [0.05, 0.1) is 0 Å². The lowest BCUT2D eigenvalue weighted by molar-refractivity contribution is -0.192. The van der Waals surface area contributed by atoms with E-state index in [0.717, 1.165) is 24.6 Å². The molecule has 1 fully saturated rings. The number of ether oxygens (including phenoxy) is 1. The number of carboxylic acid groups (broad SMARTS) is 1. The third-order valence-electron chi connectivity index (χ3n) is 3.91. The highest BCUT2D eigenvalue weighted by atomic mass is 19.4. The van der Waals surface area contributed by atoms with Gasteiger partial charge >= 0.3 is 12.1 Å². The largest absolute Gasteiger partial charge is 0.490 e. The summed E-state index contributed by atoms with van der Waals surface area (Å²) in [5.74, 6) is -0.263. The molecule has 0 aromatic heterocycles. The van der Waals surface area contributed by atoms with E-state index in [0.29, 0.717) is 5.92 Å². The Morgan fingerprint density at radius 2 is 1.46 bits per heavy atom. The minimum atomic E-state index is -5.08. The Morgan fingerprint density at radius 3 is 1.96 bits per heavy atom. The van der Waals surface area contributed by atoms with Crippen LogP contribution in [0.5, 0.6) is 11.5 Å². The number of aliphatic carboxylic acids is 1. The molecule has 140 valence electrons. The Morgan fingerprint density at radius 1 is 0.962 bits per heavy atom. The lowest BCUT2D eigenvalue weighted by Gasteiger charge is -2.23. The van der Waals surface area contributed by atoms with Gasteiger partial charge in [-0.1, -0.05) is 30.3 Å². The summed E-state index contributed by atoms with van der Waals surface area (Å²) in [5, 5.41) is 10.5. The van der Waals surface area contributed by atoms with Crippen molar-refractivity contribution in [3.63, 3.8) is 0 Å². The summed E-state index contributed by atoms with van der Waals surface area (Å²) in [6.07, 6.45) is -2.61.